The van der Waals surface area contributed by atoms with Crippen LogP contribution < -0.4 is 0 Å². The fourth-order valence-electron chi connectivity index (χ4n) is 8.64. The van der Waals surface area contributed by atoms with Crippen LogP contribution in [0, 0.1) is 40.4 Å². The minimum Gasteiger partial charge on any atom is -0.393 e. The maximum absolute atomic E-state index is 10.2. The second-order valence-electron chi connectivity index (χ2n) is 11.3. The SMILES string of the molecule is CCCCCCC1CCC2[C@@H]3CCC4C[C@@H](O)CC[C@]4(C)C3CC[C@]12C. The van der Waals surface area contributed by atoms with E-state index in [0.717, 1.165) is 42.4 Å². The van der Waals surface area contributed by atoms with Crippen molar-refractivity contribution in [3.05, 3.63) is 0 Å². The largest absolute Gasteiger partial charge is 0.393 e. The van der Waals surface area contributed by atoms with E-state index in [-0.39, 0.29) is 6.10 Å². The van der Waals surface area contributed by atoms with Crippen LogP contribution in [0.4, 0.5) is 0 Å². The maximum atomic E-state index is 10.2. The Morgan fingerprint density at radius 2 is 1.58 bits per heavy atom. The highest BCUT2D eigenvalue weighted by Crippen LogP contribution is 2.67. The zero-order valence-electron chi connectivity index (χ0n) is 17.8. The van der Waals surface area contributed by atoms with Gasteiger partial charge < -0.3 is 5.11 Å². The van der Waals surface area contributed by atoms with Gasteiger partial charge in [0, 0.05) is 0 Å². The lowest BCUT2D eigenvalue weighted by atomic mass is 9.44. The Bertz CT molecular complexity index is 487. The van der Waals surface area contributed by atoms with Gasteiger partial charge in [0.2, 0.25) is 0 Å². The van der Waals surface area contributed by atoms with Gasteiger partial charge in [0.15, 0.2) is 0 Å². The summed E-state index contributed by atoms with van der Waals surface area (Å²) in [5.74, 6) is 4.81. The summed E-state index contributed by atoms with van der Waals surface area (Å²) >= 11 is 0. The summed E-state index contributed by atoms with van der Waals surface area (Å²) in [5, 5.41) is 10.2. The summed E-state index contributed by atoms with van der Waals surface area (Å²) in [4.78, 5) is 0. The number of fused-ring (bicyclic) bond motifs is 5. The molecule has 0 aromatic carbocycles. The van der Waals surface area contributed by atoms with E-state index < -0.39 is 0 Å². The minimum absolute atomic E-state index is 0.00235. The van der Waals surface area contributed by atoms with Crippen LogP contribution in [0.5, 0.6) is 0 Å². The van der Waals surface area contributed by atoms with Crippen molar-refractivity contribution in [2.45, 2.75) is 117 Å². The van der Waals surface area contributed by atoms with E-state index in [0.29, 0.717) is 10.8 Å². The number of hydrogen-bond acceptors (Lipinski definition) is 1. The molecule has 4 saturated carbocycles. The van der Waals surface area contributed by atoms with Crippen molar-refractivity contribution in [3.8, 4) is 0 Å². The summed E-state index contributed by atoms with van der Waals surface area (Å²) in [6, 6.07) is 0. The summed E-state index contributed by atoms with van der Waals surface area (Å²) in [7, 11) is 0. The van der Waals surface area contributed by atoms with Gasteiger partial charge in [0.1, 0.15) is 0 Å². The summed E-state index contributed by atoms with van der Waals surface area (Å²) in [5.41, 5.74) is 1.20. The first kappa shape index (κ1) is 19.3. The van der Waals surface area contributed by atoms with Gasteiger partial charge in [-0.05, 0) is 105 Å². The predicted molar refractivity (Wildman–Crippen MR) is 110 cm³/mol. The fourth-order valence-corrected chi connectivity index (χ4v) is 8.64. The van der Waals surface area contributed by atoms with E-state index in [1.165, 1.54) is 77.0 Å². The van der Waals surface area contributed by atoms with E-state index >= 15 is 0 Å². The lowest BCUT2D eigenvalue weighted by Gasteiger charge is -2.61. The molecule has 1 heteroatoms. The third kappa shape index (κ3) is 3.09. The maximum Gasteiger partial charge on any atom is 0.0543 e. The number of aliphatic hydroxyl groups is 1. The monoisotopic (exact) mass is 360 g/mol. The molecule has 0 saturated heterocycles. The molecule has 4 fully saturated rings. The van der Waals surface area contributed by atoms with Gasteiger partial charge >= 0.3 is 0 Å². The summed E-state index contributed by atoms with van der Waals surface area (Å²) in [6.45, 7) is 7.65. The van der Waals surface area contributed by atoms with Crippen molar-refractivity contribution < 1.29 is 5.11 Å². The van der Waals surface area contributed by atoms with Crippen LogP contribution in [0.2, 0.25) is 0 Å². The molecule has 0 aromatic rings. The molecule has 0 radical (unpaired) electrons. The number of hydrogen-bond donors (Lipinski definition) is 1. The number of aliphatic hydroxyl groups excluding tert-OH is 1. The molecule has 0 amide bonds. The number of unbranched alkanes of at least 4 members (excludes halogenated alkanes) is 3. The molecule has 0 aromatic heterocycles. The van der Waals surface area contributed by atoms with E-state index in [1.807, 2.05) is 0 Å². The zero-order chi connectivity index (χ0) is 18.4. The Hall–Kier alpha value is -0.0400. The zero-order valence-corrected chi connectivity index (χ0v) is 17.8. The highest BCUT2D eigenvalue weighted by Gasteiger charge is 2.59. The topological polar surface area (TPSA) is 20.2 Å². The molecule has 0 spiro atoms. The van der Waals surface area contributed by atoms with Crippen LogP contribution in [0.3, 0.4) is 0 Å². The molecular weight excluding hydrogens is 316 g/mol. The fraction of sp³-hybridized carbons (Fsp3) is 1.00. The molecule has 0 aliphatic heterocycles. The Kier molecular flexibility index (Phi) is 5.50. The average molecular weight is 361 g/mol. The molecule has 4 unspecified atom stereocenters. The van der Waals surface area contributed by atoms with Gasteiger partial charge in [-0.2, -0.15) is 0 Å². The summed E-state index contributed by atoms with van der Waals surface area (Å²) in [6.07, 6.45) is 19.6. The summed E-state index contributed by atoms with van der Waals surface area (Å²) < 4.78 is 0. The molecule has 0 bridgehead atoms. The molecular formula is C25H44O. The van der Waals surface area contributed by atoms with Crippen LogP contribution in [-0.2, 0) is 0 Å². The molecule has 4 aliphatic carbocycles. The van der Waals surface area contributed by atoms with E-state index in [4.69, 9.17) is 0 Å². The van der Waals surface area contributed by atoms with Crippen molar-refractivity contribution in [1.82, 2.24) is 0 Å². The molecule has 150 valence electrons. The number of rotatable bonds is 5. The Balaban J connectivity index is 1.46. The smallest absolute Gasteiger partial charge is 0.0543 e. The molecule has 0 heterocycles. The molecule has 26 heavy (non-hydrogen) atoms. The lowest BCUT2D eigenvalue weighted by Crippen LogP contribution is -2.53. The Morgan fingerprint density at radius 1 is 0.808 bits per heavy atom. The van der Waals surface area contributed by atoms with Gasteiger partial charge in [-0.25, -0.2) is 0 Å². The van der Waals surface area contributed by atoms with Crippen LogP contribution in [0.25, 0.3) is 0 Å². The second-order valence-corrected chi connectivity index (χ2v) is 11.3. The van der Waals surface area contributed by atoms with Crippen molar-refractivity contribution in [3.63, 3.8) is 0 Å². The average Bonchev–Trinajstić information content (AvgIpc) is 2.96. The Labute approximate surface area is 162 Å². The first-order valence-corrected chi connectivity index (χ1v) is 12.2. The lowest BCUT2D eigenvalue weighted by molar-refractivity contribution is -0.127. The third-order valence-corrected chi connectivity index (χ3v) is 10.2. The molecule has 8 atom stereocenters. The van der Waals surface area contributed by atoms with Gasteiger partial charge in [0.25, 0.3) is 0 Å². The van der Waals surface area contributed by atoms with E-state index in [1.54, 1.807) is 0 Å². The highest BCUT2D eigenvalue weighted by atomic mass is 16.3. The molecule has 4 aliphatic rings. The van der Waals surface area contributed by atoms with Crippen LogP contribution in [0.15, 0.2) is 0 Å². The van der Waals surface area contributed by atoms with Gasteiger partial charge in [-0.3, -0.25) is 0 Å². The Morgan fingerprint density at radius 3 is 2.38 bits per heavy atom. The quantitative estimate of drug-likeness (QED) is 0.524. The van der Waals surface area contributed by atoms with Crippen LogP contribution in [-0.4, -0.2) is 11.2 Å². The van der Waals surface area contributed by atoms with Crippen molar-refractivity contribution in [2.24, 2.45) is 40.4 Å². The first-order valence-electron chi connectivity index (χ1n) is 12.2. The molecule has 1 N–H and O–H groups in total. The predicted octanol–water partition coefficient (Wildman–Crippen LogP) is 6.98. The van der Waals surface area contributed by atoms with E-state index in [2.05, 4.69) is 20.8 Å². The van der Waals surface area contributed by atoms with Crippen molar-refractivity contribution >= 4 is 0 Å². The first-order chi connectivity index (χ1) is 12.5. The standard InChI is InChI=1S/C25H44O/c1-4-5-6-7-8-18-10-12-22-21-11-9-19-17-20(26)13-15-25(19,3)23(21)14-16-24(18,22)2/h18-23,26H,4-17H2,1-3H3/t18?,19?,20-,21-,22?,23?,24+,25-/m0/s1. The van der Waals surface area contributed by atoms with Crippen LogP contribution in [0.1, 0.15) is 111 Å². The van der Waals surface area contributed by atoms with Crippen molar-refractivity contribution in [1.29, 1.82) is 0 Å². The minimum atomic E-state index is -0.00235. The molecule has 1 nitrogen and oxygen atoms in total. The second kappa shape index (κ2) is 7.41. The van der Waals surface area contributed by atoms with Gasteiger partial charge in [-0.1, -0.05) is 46.5 Å². The molecule has 4 rings (SSSR count). The van der Waals surface area contributed by atoms with Crippen molar-refractivity contribution in [2.75, 3.05) is 0 Å². The van der Waals surface area contributed by atoms with Gasteiger partial charge in [0.05, 0.1) is 6.10 Å². The normalized spacial score (nSPS) is 50.8. The van der Waals surface area contributed by atoms with Crippen LogP contribution >= 0.6 is 0 Å². The van der Waals surface area contributed by atoms with E-state index in [9.17, 15) is 5.11 Å². The third-order valence-electron chi connectivity index (χ3n) is 10.2. The van der Waals surface area contributed by atoms with Gasteiger partial charge in [-0.15, -0.1) is 0 Å². The highest BCUT2D eigenvalue weighted by molar-refractivity contribution is 5.09.